The number of carboxylic acids is 1. The molecule has 3 unspecified atom stereocenters. The van der Waals surface area contributed by atoms with Crippen LogP contribution in [0, 0.1) is 11.8 Å². The van der Waals surface area contributed by atoms with Crippen molar-refractivity contribution in [2.45, 2.75) is 12.5 Å². The molecule has 1 fully saturated rings. The Morgan fingerprint density at radius 2 is 1.95 bits per heavy atom. The molecule has 3 atom stereocenters. The highest BCUT2D eigenvalue weighted by atomic mass is 32.2. The normalized spacial score (nSPS) is 25.4. The Kier molecular flexibility index (Phi) is 4.53. The molecule has 1 aliphatic rings. The lowest BCUT2D eigenvalue weighted by molar-refractivity contribution is -0.144. The van der Waals surface area contributed by atoms with Crippen LogP contribution in [0.3, 0.4) is 0 Å². The Balaban J connectivity index is 2.18. The van der Waals surface area contributed by atoms with Gasteiger partial charge in [-0.1, -0.05) is 12.1 Å². The van der Waals surface area contributed by atoms with Crippen LogP contribution in [0.25, 0.3) is 0 Å². The van der Waals surface area contributed by atoms with E-state index in [1.807, 2.05) is 0 Å². The number of hydrogen-bond acceptors (Lipinski definition) is 5. The number of rotatable bonds is 5. The lowest BCUT2D eigenvalue weighted by Gasteiger charge is -2.21. The van der Waals surface area contributed by atoms with Crippen LogP contribution in [0.15, 0.2) is 24.3 Å². The molecular weight excluding hydrogens is 296 g/mol. The molecule has 0 aliphatic carbocycles. The fourth-order valence-electron chi connectivity index (χ4n) is 2.68. The van der Waals surface area contributed by atoms with Crippen LogP contribution in [-0.4, -0.2) is 49.3 Å². The third-order valence-corrected chi connectivity index (χ3v) is 5.56. The van der Waals surface area contributed by atoms with Crippen molar-refractivity contribution >= 4 is 15.8 Å². The Hall–Kier alpha value is -1.60. The number of sulfone groups is 1. The molecule has 21 heavy (non-hydrogen) atoms. The summed E-state index contributed by atoms with van der Waals surface area (Å²) in [7, 11) is -1.82. The molecule has 116 valence electrons. The maximum Gasteiger partial charge on any atom is 0.307 e. The third-order valence-electron chi connectivity index (χ3n) is 3.81. The van der Waals surface area contributed by atoms with Crippen molar-refractivity contribution in [1.82, 2.24) is 0 Å². The Bertz CT molecular complexity index is 607. The Labute approximate surface area is 123 Å². The van der Waals surface area contributed by atoms with Gasteiger partial charge in [0.1, 0.15) is 5.75 Å². The topological polar surface area (TPSA) is 101 Å². The van der Waals surface area contributed by atoms with E-state index in [0.717, 1.165) is 5.56 Å². The summed E-state index contributed by atoms with van der Waals surface area (Å²) in [6.07, 6.45) is -0.939. The molecule has 2 rings (SSSR count). The first kappa shape index (κ1) is 15.8. The second-order valence-electron chi connectivity index (χ2n) is 5.31. The molecule has 0 radical (unpaired) electrons. The van der Waals surface area contributed by atoms with Crippen LogP contribution in [0.5, 0.6) is 5.75 Å². The monoisotopic (exact) mass is 314 g/mol. The predicted octanol–water partition coefficient (Wildman–Crippen LogP) is 0.344. The summed E-state index contributed by atoms with van der Waals surface area (Å²) in [5.41, 5.74) is 0.764. The molecule has 7 heteroatoms. The highest BCUT2D eigenvalue weighted by Crippen LogP contribution is 2.29. The van der Waals surface area contributed by atoms with Crippen molar-refractivity contribution in [3.63, 3.8) is 0 Å². The molecule has 1 aromatic rings. The molecule has 1 aromatic carbocycles. The minimum absolute atomic E-state index is 0.177. The zero-order chi connectivity index (χ0) is 15.6. The molecule has 6 nitrogen and oxygen atoms in total. The third kappa shape index (κ3) is 3.74. The van der Waals surface area contributed by atoms with Gasteiger partial charge in [0.2, 0.25) is 0 Å². The number of carbonyl (C=O) groups is 1. The quantitative estimate of drug-likeness (QED) is 0.813. The molecule has 0 amide bonds. The summed E-state index contributed by atoms with van der Waals surface area (Å²) in [6.45, 7) is 0. The highest BCUT2D eigenvalue weighted by molar-refractivity contribution is 7.91. The van der Waals surface area contributed by atoms with E-state index in [9.17, 15) is 23.4 Å². The molecular formula is C14H18O6S. The largest absolute Gasteiger partial charge is 0.497 e. The number of benzene rings is 1. The van der Waals surface area contributed by atoms with Gasteiger partial charge < -0.3 is 14.9 Å². The van der Waals surface area contributed by atoms with Gasteiger partial charge in [0.25, 0.3) is 0 Å². The lowest BCUT2D eigenvalue weighted by atomic mass is 9.85. The summed E-state index contributed by atoms with van der Waals surface area (Å²) in [4.78, 5) is 11.4. The van der Waals surface area contributed by atoms with Gasteiger partial charge in [0.05, 0.1) is 30.6 Å². The fraction of sp³-hybridized carbons (Fsp3) is 0.500. The van der Waals surface area contributed by atoms with Crippen LogP contribution < -0.4 is 4.74 Å². The second-order valence-corrected chi connectivity index (χ2v) is 7.46. The number of carboxylic acid groups (broad SMARTS) is 1. The summed E-state index contributed by atoms with van der Waals surface area (Å²) in [6, 6.07) is 6.92. The molecule has 1 aliphatic heterocycles. The van der Waals surface area contributed by atoms with E-state index in [2.05, 4.69) is 0 Å². The molecule has 0 bridgehead atoms. The van der Waals surface area contributed by atoms with E-state index >= 15 is 0 Å². The average Bonchev–Trinajstić information content (AvgIpc) is 2.69. The SMILES string of the molecule is COc1ccc(CC(C(=O)O)C2CS(=O)(=O)CC2O)cc1. The van der Waals surface area contributed by atoms with Gasteiger partial charge in [-0.15, -0.1) is 0 Å². The van der Waals surface area contributed by atoms with Crippen LogP contribution in [-0.2, 0) is 21.1 Å². The standard InChI is InChI=1S/C14H18O6S/c1-20-10-4-2-9(3-5-10)6-11(14(16)17)12-7-21(18,19)8-13(12)15/h2-5,11-13,15H,6-8H2,1H3,(H,16,17). The van der Waals surface area contributed by atoms with Crippen molar-refractivity contribution in [2.75, 3.05) is 18.6 Å². The second kappa shape index (κ2) is 6.03. The first-order valence-electron chi connectivity index (χ1n) is 6.56. The number of aliphatic hydroxyl groups excluding tert-OH is 1. The van der Waals surface area contributed by atoms with Gasteiger partial charge in [-0.2, -0.15) is 0 Å². The van der Waals surface area contributed by atoms with Crippen LogP contribution >= 0.6 is 0 Å². The Morgan fingerprint density at radius 3 is 2.38 bits per heavy atom. The minimum Gasteiger partial charge on any atom is -0.497 e. The maximum absolute atomic E-state index is 11.5. The minimum atomic E-state index is -3.36. The molecule has 2 N–H and O–H groups in total. The first-order chi connectivity index (χ1) is 9.82. The summed E-state index contributed by atoms with van der Waals surface area (Å²) in [5.74, 6) is -2.76. The van der Waals surface area contributed by atoms with E-state index in [-0.39, 0.29) is 17.9 Å². The average molecular weight is 314 g/mol. The summed E-state index contributed by atoms with van der Waals surface area (Å²) >= 11 is 0. The van der Waals surface area contributed by atoms with Crippen molar-refractivity contribution in [3.8, 4) is 5.75 Å². The van der Waals surface area contributed by atoms with Gasteiger partial charge in [0, 0.05) is 5.92 Å². The number of aliphatic carboxylic acids is 1. The van der Waals surface area contributed by atoms with E-state index < -0.39 is 33.7 Å². The van der Waals surface area contributed by atoms with E-state index in [1.165, 1.54) is 7.11 Å². The number of aliphatic hydroxyl groups is 1. The molecule has 1 saturated heterocycles. The van der Waals surface area contributed by atoms with E-state index in [4.69, 9.17) is 4.74 Å². The van der Waals surface area contributed by atoms with Crippen LogP contribution in [0.1, 0.15) is 5.56 Å². The molecule has 0 aromatic heterocycles. The molecule has 1 heterocycles. The fourth-order valence-corrected chi connectivity index (χ4v) is 4.62. The lowest BCUT2D eigenvalue weighted by Crippen LogP contribution is -2.33. The molecule has 0 saturated carbocycles. The predicted molar refractivity (Wildman–Crippen MR) is 76.0 cm³/mol. The number of ether oxygens (including phenoxy) is 1. The van der Waals surface area contributed by atoms with Crippen molar-refractivity contribution in [3.05, 3.63) is 29.8 Å². The van der Waals surface area contributed by atoms with Crippen LogP contribution in [0.2, 0.25) is 0 Å². The van der Waals surface area contributed by atoms with Gasteiger partial charge in [-0.3, -0.25) is 4.79 Å². The molecule has 0 spiro atoms. The van der Waals surface area contributed by atoms with Crippen LogP contribution in [0.4, 0.5) is 0 Å². The number of methoxy groups -OCH3 is 1. The van der Waals surface area contributed by atoms with Crippen molar-refractivity contribution in [1.29, 1.82) is 0 Å². The van der Waals surface area contributed by atoms with Gasteiger partial charge >= 0.3 is 5.97 Å². The van der Waals surface area contributed by atoms with Crippen molar-refractivity contribution < 1.29 is 28.2 Å². The number of hydrogen-bond donors (Lipinski definition) is 2. The zero-order valence-corrected chi connectivity index (χ0v) is 12.4. The first-order valence-corrected chi connectivity index (χ1v) is 8.39. The summed E-state index contributed by atoms with van der Waals surface area (Å²) in [5, 5.41) is 19.2. The maximum atomic E-state index is 11.5. The van der Waals surface area contributed by atoms with Gasteiger partial charge in [-0.25, -0.2) is 8.42 Å². The summed E-state index contributed by atoms with van der Waals surface area (Å²) < 4.78 is 28.1. The Morgan fingerprint density at radius 1 is 1.33 bits per heavy atom. The highest BCUT2D eigenvalue weighted by Gasteiger charge is 2.43. The van der Waals surface area contributed by atoms with Crippen molar-refractivity contribution in [2.24, 2.45) is 11.8 Å². The van der Waals surface area contributed by atoms with Gasteiger partial charge in [-0.05, 0) is 24.1 Å². The smallest absolute Gasteiger partial charge is 0.307 e. The van der Waals surface area contributed by atoms with Gasteiger partial charge in [0.15, 0.2) is 9.84 Å². The zero-order valence-electron chi connectivity index (χ0n) is 11.6. The van der Waals surface area contributed by atoms with E-state index in [1.54, 1.807) is 24.3 Å². The van der Waals surface area contributed by atoms with E-state index in [0.29, 0.717) is 5.75 Å².